The summed E-state index contributed by atoms with van der Waals surface area (Å²) in [5.41, 5.74) is 0. The van der Waals surface area contributed by atoms with E-state index in [9.17, 15) is 13.2 Å². The lowest BCUT2D eigenvalue weighted by atomic mass is 10.2. The number of hydrogen-bond donors (Lipinski definition) is 1. The highest BCUT2D eigenvalue weighted by atomic mass is 32.2. The Morgan fingerprint density at radius 2 is 2.00 bits per heavy atom. The lowest BCUT2D eigenvalue weighted by Gasteiger charge is -2.14. The molecule has 0 aliphatic rings. The maximum Gasteiger partial charge on any atom is 0.323 e. The molecule has 5 nitrogen and oxygen atoms in total. The van der Waals surface area contributed by atoms with Crippen LogP contribution in [0.4, 0.5) is 0 Å². The molecule has 0 aliphatic heterocycles. The van der Waals surface area contributed by atoms with Crippen LogP contribution in [0.5, 0.6) is 0 Å². The van der Waals surface area contributed by atoms with E-state index in [4.69, 9.17) is 4.74 Å². The summed E-state index contributed by atoms with van der Waals surface area (Å²) in [6.45, 7) is 4.50. The third kappa shape index (κ3) is 7.64. The van der Waals surface area contributed by atoms with E-state index in [1.54, 1.807) is 6.92 Å². The van der Waals surface area contributed by atoms with Crippen LogP contribution < -0.4 is 5.32 Å². The van der Waals surface area contributed by atoms with Crippen LogP contribution in [0.1, 0.15) is 26.7 Å². The molecule has 16 heavy (non-hydrogen) atoms. The fourth-order valence-electron chi connectivity index (χ4n) is 1.25. The van der Waals surface area contributed by atoms with Gasteiger partial charge in [0.05, 0.1) is 12.4 Å². The number of ether oxygens (including phenoxy) is 1. The van der Waals surface area contributed by atoms with Crippen LogP contribution in [0.3, 0.4) is 0 Å². The van der Waals surface area contributed by atoms with E-state index in [0.717, 1.165) is 0 Å². The third-order valence-corrected chi connectivity index (χ3v) is 3.09. The Kier molecular flexibility index (Phi) is 7.33. The van der Waals surface area contributed by atoms with Gasteiger partial charge in [-0.25, -0.2) is 8.42 Å². The summed E-state index contributed by atoms with van der Waals surface area (Å²) in [6, 6.07) is -0.334. The first-order valence-corrected chi connectivity index (χ1v) is 7.54. The number of sulfone groups is 1. The number of carbonyl (C=O) groups is 1. The van der Waals surface area contributed by atoms with E-state index in [1.165, 1.54) is 6.26 Å². The van der Waals surface area contributed by atoms with Gasteiger partial charge >= 0.3 is 5.97 Å². The Morgan fingerprint density at radius 3 is 2.44 bits per heavy atom. The highest BCUT2D eigenvalue weighted by Gasteiger charge is 2.16. The zero-order valence-electron chi connectivity index (χ0n) is 10.2. The van der Waals surface area contributed by atoms with Gasteiger partial charge < -0.3 is 10.1 Å². The van der Waals surface area contributed by atoms with Crippen molar-refractivity contribution in [1.29, 1.82) is 0 Å². The maximum absolute atomic E-state index is 11.4. The van der Waals surface area contributed by atoms with E-state index < -0.39 is 9.84 Å². The summed E-state index contributed by atoms with van der Waals surface area (Å²) in [5, 5.41) is 2.99. The summed E-state index contributed by atoms with van der Waals surface area (Å²) in [6.07, 6.45) is 2.35. The van der Waals surface area contributed by atoms with Gasteiger partial charge in [0, 0.05) is 6.26 Å². The summed E-state index contributed by atoms with van der Waals surface area (Å²) in [5.74, 6) is -0.136. The lowest BCUT2D eigenvalue weighted by molar-refractivity contribution is -0.145. The summed E-state index contributed by atoms with van der Waals surface area (Å²) in [7, 11) is -2.92. The van der Waals surface area contributed by atoms with Crippen molar-refractivity contribution in [3.05, 3.63) is 0 Å². The molecule has 0 aliphatic carbocycles. The Morgan fingerprint density at radius 1 is 1.38 bits per heavy atom. The van der Waals surface area contributed by atoms with Crippen molar-refractivity contribution in [2.24, 2.45) is 0 Å². The van der Waals surface area contributed by atoms with E-state index in [1.807, 2.05) is 6.92 Å². The molecule has 0 aromatic carbocycles. The highest BCUT2D eigenvalue weighted by molar-refractivity contribution is 7.90. The number of esters is 1. The normalized spacial score (nSPS) is 13.4. The second-order valence-corrected chi connectivity index (χ2v) is 5.91. The first-order chi connectivity index (χ1) is 7.40. The minimum Gasteiger partial charge on any atom is -0.465 e. The summed E-state index contributed by atoms with van der Waals surface area (Å²) >= 11 is 0. The molecule has 0 saturated carbocycles. The SMILES string of the molecule is CCOC(=O)C(CC)NCCCS(C)(=O)=O. The second-order valence-electron chi connectivity index (χ2n) is 3.65. The maximum atomic E-state index is 11.4. The second kappa shape index (κ2) is 7.62. The van der Waals surface area contributed by atoms with Crippen molar-refractivity contribution in [2.45, 2.75) is 32.7 Å². The van der Waals surface area contributed by atoms with E-state index in [2.05, 4.69) is 5.32 Å². The van der Waals surface area contributed by atoms with Crippen LogP contribution in [0.25, 0.3) is 0 Å². The molecule has 0 aromatic rings. The minimum absolute atomic E-state index is 0.138. The van der Waals surface area contributed by atoms with Gasteiger partial charge in [-0.1, -0.05) is 6.92 Å². The Hall–Kier alpha value is -0.620. The molecule has 0 amide bonds. The van der Waals surface area contributed by atoms with Crippen molar-refractivity contribution >= 4 is 15.8 Å². The van der Waals surface area contributed by atoms with Crippen molar-refractivity contribution in [3.63, 3.8) is 0 Å². The average molecular weight is 251 g/mol. The summed E-state index contributed by atoms with van der Waals surface area (Å²) < 4.78 is 26.6. The molecular formula is C10H21NO4S. The predicted octanol–water partition coefficient (Wildman–Crippen LogP) is 0.352. The van der Waals surface area contributed by atoms with Gasteiger partial charge in [0.1, 0.15) is 15.9 Å². The molecule has 1 N–H and O–H groups in total. The number of nitrogens with one attached hydrogen (secondary N) is 1. The van der Waals surface area contributed by atoms with Crippen LogP contribution in [-0.4, -0.2) is 45.6 Å². The Bertz CT molecular complexity index is 300. The zero-order valence-corrected chi connectivity index (χ0v) is 11.0. The molecule has 0 heterocycles. The third-order valence-electron chi connectivity index (χ3n) is 2.06. The van der Waals surface area contributed by atoms with E-state index in [0.29, 0.717) is 26.0 Å². The van der Waals surface area contributed by atoms with Crippen LogP contribution >= 0.6 is 0 Å². The topological polar surface area (TPSA) is 72.5 Å². The van der Waals surface area contributed by atoms with Gasteiger partial charge in [0.15, 0.2) is 0 Å². The van der Waals surface area contributed by atoms with Crippen LogP contribution in [-0.2, 0) is 19.4 Å². The van der Waals surface area contributed by atoms with Gasteiger partial charge in [0.25, 0.3) is 0 Å². The number of rotatable bonds is 8. The van der Waals surface area contributed by atoms with Gasteiger partial charge in [-0.05, 0) is 26.3 Å². The fraction of sp³-hybridized carbons (Fsp3) is 0.900. The zero-order chi connectivity index (χ0) is 12.6. The molecule has 0 fully saturated rings. The first-order valence-electron chi connectivity index (χ1n) is 5.48. The fourth-order valence-corrected chi connectivity index (χ4v) is 1.92. The Balaban J connectivity index is 3.84. The number of hydrogen-bond acceptors (Lipinski definition) is 5. The summed E-state index contributed by atoms with van der Waals surface area (Å²) in [4.78, 5) is 11.4. The molecule has 1 unspecified atom stereocenters. The van der Waals surface area contributed by atoms with Crippen LogP contribution in [0, 0.1) is 0 Å². The standard InChI is InChI=1S/C10H21NO4S/c1-4-9(10(12)15-5-2)11-7-6-8-16(3,13)14/h9,11H,4-8H2,1-3H3. The molecule has 6 heteroatoms. The van der Waals surface area contributed by atoms with E-state index >= 15 is 0 Å². The smallest absolute Gasteiger partial charge is 0.323 e. The van der Waals surface area contributed by atoms with Crippen molar-refractivity contribution < 1.29 is 17.9 Å². The van der Waals surface area contributed by atoms with Crippen molar-refractivity contribution in [3.8, 4) is 0 Å². The molecule has 0 rings (SSSR count). The molecule has 96 valence electrons. The molecule has 0 saturated heterocycles. The van der Waals surface area contributed by atoms with E-state index in [-0.39, 0.29) is 17.8 Å². The van der Waals surface area contributed by atoms with Crippen LogP contribution in [0.2, 0.25) is 0 Å². The quantitative estimate of drug-likeness (QED) is 0.498. The average Bonchev–Trinajstić information content (AvgIpc) is 2.16. The highest BCUT2D eigenvalue weighted by Crippen LogP contribution is 1.96. The van der Waals surface area contributed by atoms with Gasteiger partial charge in [-0.3, -0.25) is 4.79 Å². The van der Waals surface area contributed by atoms with Crippen molar-refractivity contribution in [2.75, 3.05) is 25.2 Å². The molecule has 0 radical (unpaired) electrons. The molecule has 0 bridgehead atoms. The Labute approximate surface area is 97.5 Å². The monoisotopic (exact) mass is 251 g/mol. The van der Waals surface area contributed by atoms with Gasteiger partial charge in [-0.2, -0.15) is 0 Å². The molecular weight excluding hydrogens is 230 g/mol. The van der Waals surface area contributed by atoms with Gasteiger partial charge in [-0.15, -0.1) is 0 Å². The van der Waals surface area contributed by atoms with Gasteiger partial charge in [0.2, 0.25) is 0 Å². The predicted molar refractivity (Wildman–Crippen MR) is 63.0 cm³/mol. The first kappa shape index (κ1) is 15.4. The molecule has 0 spiro atoms. The minimum atomic E-state index is -2.92. The molecule has 1 atom stereocenters. The largest absolute Gasteiger partial charge is 0.465 e. The van der Waals surface area contributed by atoms with Crippen LogP contribution in [0.15, 0.2) is 0 Å². The molecule has 0 aromatic heterocycles. The van der Waals surface area contributed by atoms with Crippen molar-refractivity contribution in [1.82, 2.24) is 5.32 Å². The number of carbonyl (C=O) groups excluding carboxylic acids is 1. The lowest BCUT2D eigenvalue weighted by Crippen LogP contribution is -2.38.